The van der Waals surface area contributed by atoms with Crippen LogP contribution in [0.15, 0.2) is 60.7 Å². The third-order valence-corrected chi connectivity index (χ3v) is 3.15. The van der Waals surface area contributed by atoms with Crippen LogP contribution in [-0.4, -0.2) is 17.6 Å². The first-order chi connectivity index (χ1) is 9.84. The van der Waals surface area contributed by atoms with Gasteiger partial charge in [0.15, 0.2) is 0 Å². The molecule has 0 saturated carbocycles. The van der Waals surface area contributed by atoms with Gasteiger partial charge in [0.05, 0.1) is 0 Å². The van der Waals surface area contributed by atoms with Crippen LogP contribution in [-0.2, 0) is 4.74 Å². The number of hydrogen-bond acceptors (Lipinski definition) is 2. The van der Waals surface area contributed by atoms with Crippen molar-refractivity contribution in [3.8, 4) is 12.0 Å². The van der Waals surface area contributed by atoms with Gasteiger partial charge in [0, 0.05) is 11.6 Å². The van der Waals surface area contributed by atoms with Crippen molar-refractivity contribution in [2.45, 2.75) is 6.04 Å². The molecule has 0 bridgehead atoms. The summed E-state index contributed by atoms with van der Waals surface area (Å²) in [5.41, 5.74) is 1.90. The Bertz CT molecular complexity index is 656. The molecule has 1 aliphatic rings. The summed E-state index contributed by atoms with van der Waals surface area (Å²) in [6, 6.07) is 22.1. The summed E-state index contributed by atoms with van der Waals surface area (Å²) in [6.45, 7) is 0.340. The van der Waals surface area contributed by atoms with Crippen LogP contribution in [0.5, 0.6) is 0 Å². The third kappa shape index (κ3) is 2.50. The molecule has 3 nitrogen and oxygen atoms in total. The van der Waals surface area contributed by atoms with Crippen molar-refractivity contribution in [2.75, 3.05) is 6.61 Å². The predicted octanol–water partition coefficient (Wildman–Crippen LogP) is 3.19. The van der Waals surface area contributed by atoms with E-state index in [1.165, 1.54) is 4.90 Å². The zero-order chi connectivity index (χ0) is 13.8. The van der Waals surface area contributed by atoms with E-state index in [4.69, 9.17) is 4.74 Å². The first-order valence-corrected chi connectivity index (χ1v) is 6.42. The second-order valence-electron chi connectivity index (χ2n) is 4.48. The fraction of sp³-hybridized carbons (Fsp3) is 0.118. The van der Waals surface area contributed by atoms with Crippen molar-refractivity contribution >= 4 is 6.09 Å². The first kappa shape index (κ1) is 12.3. The van der Waals surface area contributed by atoms with Crippen LogP contribution in [0.1, 0.15) is 17.2 Å². The molecule has 2 aromatic rings. The molecule has 98 valence electrons. The summed E-state index contributed by atoms with van der Waals surface area (Å²) in [5, 5.41) is 0. The normalized spacial score (nSPS) is 17.3. The van der Waals surface area contributed by atoms with Gasteiger partial charge in [0.1, 0.15) is 12.6 Å². The Morgan fingerprint density at radius 1 is 1.00 bits per heavy atom. The lowest BCUT2D eigenvalue weighted by Crippen LogP contribution is -2.22. The number of carbonyl (C=O) groups excluding carboxylic acids is 1. The monoisotopic (exact) mass is 263 g/mol. The Morgan fingerprint density at radius 3 is 2.35 bits per heavy atom. The van der Waals surface area contributed by atoms with Gasteiger partial charge in [-0.05, 0) is 23.6 Å². The number of cyclic esters (lactones) is 1. The van der Waals surface area contributed by atoms with E-state index in [0.29, 0.717) is 6.61 Å². The summed E-state index contributed by atoms with van der Waals surface area (Å²) < 4.78 is 5.11. The van der Waals surface area contributed by atoms with Crippen molar-refractivity contribution in [3.05, 3.63) is 71.8 Å². The Labute approximate surface area is 117 Å². The minimum absolute atomic E-state index is 0.139. The summed E-state index contributed by atoms with van der Waals surface area (Å²) in [6.07, 6.45) is -0.387. The molecule has 3 rings (SSSR count). The number of ether oxygens (including phenoxy) is 1. The minimum Gasteiger partial charge on any atom is -0.446 e. The minimum atomic E-state index is -0.387. The quantitative estimate of drug-likeness (QED) is 0.739. The smallest absolute Gasteiger partial charge is 0.422 e. The molecule has 1 aliphatic heterocycles. The van der Waals surface area contributed by atoms with Crippen molar-refractivity contribution in [1.29, 1.82) is 0 Å². The Hall–Kier alpha value is -2.73. The van der Waals surface area contributed by atoms with Gasteiger partial charge in [-0.3, -0.25) is 0 Å². The van der Waals surface area contributed by atoms with E-state index in [-0.39, 0.29) is 12.1 Å². The van der Waals surface area contributed by atoms with Gasteiger partial charge in [-0.15, -0.1) is 0 Å². The lowest BCUT2D eigenvalue weighted by molar-refractivity contribution is 0.167. The molecule has 1 heterocycles. The third-order valence-electron chi connectivity index (χ3n) is 3.15. The van der Waals surface area contributed by atoms with E-state index in [1.54, 1.807) is 0 Å². The number of benzene rings is 2. The van der Waals surface area contributed by atoms with Gasteiger partial charge in [-0.2, -0.15) is 0 Å². The van der Waals surface area contributed by atoms with Crippen molar-refractivity contribution < 1.29 is 9.53 Å². The molecule has 0 unspecified atom stereocenters. The average Bonchev–Trinajstić information content (AvgIpc) is 2.88. The highest BCUT2D eigenvalue weighted by Crippen LogP contribution is 2.26. The average molecular weight is 263 g/mol. The molecule has 0 radical (unpaired) electrons. The molecule has 2 aromatic carbocycles. The Morgan fingerprint density at radius 2 is 1.65 bits per heavy atom. The number of amides is 1. The van der Waals surface area contributed by atoms with Gasteiger partial charge in [0.25, 0.3) is 0 Å². The van der Waals surface area contributed by atoms with Gasteiger partial charge in [-0.25, -0.2) is 9.69 Å². The largest absolute Gasteiger partial charge is 0.446 e. The van der Waals surface area contributed by atoms with Crippen LogP contribution in [0.3, 0.4) is 0 Å². The second kappa shape index (κ2) is 5.50. The maximum Gasteiger partial charge on any atom is 0.422 e. The summed E-state index contributed by atoms with van der Waals surface area (Å²) >= 11 is 0. The van der Waals surface area contributed by atoms with E-state index in [1.807, 2.05) is 60.7 Å². The van der Waals surface area contributed by atoms with Crippen LogP contribution in [0, 0.1) is 12.0 Å². The molecule has 1 atom stereocenters. The topological polar surface area (TPSA) is 29.5 Å². The van der Waals surface area contributed by atoms with Crippen LogP contribution in [0.25, 0.3) is 0 Å². The zero-order valence-electron chi connectivity index (χ0n) is 10.8. The SMILES string of the molecule is O=C1OC[C@@H](c2ccccc2)N1C#Cc1ccccc1. The molecule has 0 aromatic heterocycles. The molecular formula is C17H13NO2. The fourth-order valence-electron chi connectivity index (χ4n) is 2.11. The summed E-state index contributed by atoms with van der Waals surface area (Å²) in [5.74, 6) is 2.99. The molecule has 0 spiro atoms. The lowest BCUT2D eigenvalue weighted by atomic mass is 10.1. The summed E-state index contributed by atoms with van der Waals surface area (Å²) in [4.78, 5) is 13.2. The molecule has 0 aliphatic carbocycles. The van der Waals surface area contributed by atoms with Crippen molar-refractivity contribution in [2.24, 2.45) is 0 Å². The van der Waals surface area contributed by atoms with Crippen LogP contribution < -0.4 is 0 Å². The van der Waals surface area contributed by atoms with Gasteiger partial charge in [0.2, 0.25) is 0 Å². The summed E-state index contributed by atoms with van der Waals surface area (Å²) in [7, 11) is 0. The predicted molar refractivity (Wildman–Crippen MR) is 75.7 cm³/mol. The molecule has 20 heavy (non-hydrogen) atoms. The molecule has 1 amide bonds. The van der Waals surface area contributed by atoms with Gasteiger partial charge < -0.3 is 4.74 Å². The highest BCUT2D eigenvalue weighted by molar-refractivity contribution is 5.73. The molecule has 1 saturated heterocycles. The molecular weight excluding hydrogens is 250 g/mol. The molecule has 1 fully saturated rings. The van der Waals surface area contributed by atoms with E-state index in [9.17, 15) is 4.79 Å². The molecule has 0 N–H and O–H groups in total. The Balaban J connectivity index is 1.87. The Kier molecular flexibility index (Phi) is 3.38. The number of rotatable bonds is 1. The van der Waals surface area contributed by atoms with Crippen LogP contribution in [0.4, 0.5) is 4.79 Å². The van der Waals surface area contributed by atoms with E-state index in [2.05, 4.69) is 12.0 Å². The maximum absolute atomic E-state index is 11.8. The van der Waals surface area contributed by atoms with Crippen LogP contribution >= 0.6 is 0 Å². The van der Waals surface area contributed by atoms with Crippen molar-refractivity contribution in [1.82, 2.24) is 4.90 Å². The number of hydrogen-bond donors (Lipinski definition) is 0. The second-order valence-corrected chi connectivity index (χ2v) is 4.48. The highest BCUT2D eigenvalue weighted by atomic mass is 16.6. The van der Waals surface area contributed by atoms with Crippen LogP contribution in [0.2, 0.25) is 0 Å². The number of carbonyl (C=O) groups is 1. The van der Waals surface area contributed by atoms with E-state index < -0.39 is 0 Å². The zero-order valence-corrected chi connectivity index (χ0v) is 10.8. The van der Waals surface area contributed by atoms with Crippen molar-refractivity contribution in [3.63, 3.8) is 0 Å². The standard InChI is InChI=1S/C17H13NO2/c19-17-18(12-11-14-7-3-1-4-8-14)16(13-20-17)15-9-5-2-6-10-15/h1-10,16H,13H2/t16-/m0/s1. The van der Waals surface area contributed by atoms with E-state index >= 15 is 0 Å². The van der Waals surface area contributed by atoms with Gasteiger partial charge >= 0.3 is 6.09 Å². The highest BCUT2D eigenvalue weighted by Gasteiger charge is 2.33. The lowest BCUT2D eigenvalue weighted by Gasteiger charge is -2.14. The molecule has 3 heteroatoms. The number of nitrogens with zero attached hydrogens (tertiary/aromatic N) is 1. The van der Waals surface area contributed by atoms with E-state index in [0.717, 1.165) is 11.1 Å². The van der Waals surface area contributed by atoms with Gasteiger partial charge in [-0.1, -0.05) is 48.5 Å². The maximum atomic E-state index is 11.8. The fourth-order valence-corrected chi connectivity index (χ4v) is 2.11. The first-order valence-electron chi connectivity index (χ1n) is 6.42.